The Labute approximate surface area is 170 Å². The Morgan fingerprint density at radius 2 is 1.92 bits per heavy atom. The minimum absolute atomic E-state index is 0.0331. The number of halogens is 3. The summed E-state index contributed by atoms with van der Waals surface area (Å²) < 4.78 is 0. The number of rotatable bonds is 4. The van der Waals surface area contributed by atoms with Crippen molar-refractivity contribution in [3.05, 3.63) is 49.6 Å². The number of carbonyl (C=O) groups is 2. The summed E-state index contributed by atoms with van der Waals surface area (Å²) in [6.45, 7) is 1.04. The van der Waals surface area contributed by atoms with Crippen molar-refractivity contribution in [2.45, 2.75) is 12.8 Å². The highest BCUT2D eigenvalue weighted by molar-refractivity contribution is 7.12. The smallest absolute Gasteiger partial charge is 0.263 e. The van der Waals surface area contributed by atoms with Crippen molar-refractivity contribution in [1.29, 1.82) is 0 Å². The molecule has 0 unspecified atom stereocenters. The van der Waals surface area contributed by atoms with Crippen LogP contribution >= 0.6 is 46.1 Å². The van der Waals surface area contributed by atoms with Gasteiger partial charge in [0.15, 0.2) is 0 Å². The third-order valence-electron chi connectivity index (χ3n) is 4.13. The van der Waals surface area contributed by atoms with E-state index in [1.165, 1.54) is 23.5 Å². The Morgan fingerprint density at radius 1 is 1.19 bits per heavy atom. The number of hydrogen-bond acceptors (Lipinski definition) is 4. The van der Waals surface area contributed by atoms with Crippen molar-refractivity contribution in [1.82, 2.24) is 10.3 Å². The zero-order valence-electron chi connectivity index (χ0n) is 13.6. The van der Waals surface area contributed by atoms with Crippen LogP contribution in [0.3, 0.4) is 0 Å². The van der Waals surface area contributed by atoms with Gasteiger partial charge in [0.2, 0.25) is 5.91 Å². The highest BCUT2D eigenvalue weighted by Crippen LogP contribution is 2.33. The number of piperidine rings is 1. The van der Waals surface area contributed by atoms with E-state index >= 15 is 0 Å². The van der Waals surface area contributed by atoms with Crippen LogP contribution in [-0.4, -0.2) is 29.8 Å². The number of amides is 2. The molecule has 2 amide bonds. The van der Waals surface area contributed by atoms with E-state index in [1.807, 2.05) is 11.4 Å². The molecule has 9 heteroatoms. The van der Waals surface area contributed by atoms with Crippen LogP contribution in [0.25, 0.3) is 0 Å². The number of hydrogen-bond donors (Lipinski definition) is 2. The van der Waals surface area contributed by atoms with Crippen LogP contribution < -0.4 is 10.9 Å². The van der Waals surface area contributed by atoms with Gasteiger partial charge in [0.05, 0.1) is 26.5 Å². The van der Waals surface area contributed by atoms with Gasteiger partial charge >= 0.3 is 0 Å². The molecular formula is C17H16Cl3N3O2S. The predicted molar refractivity (Wildman–Crippen MR) is 106 cm³/mol. The first kappa shape index (κ1) is 19.3. The molecule has 2 aromatic rings. The molecule has 0 saturated carbocycles. The van der Waals surface area contributed by atoms with E-state index in [2.05, 4.69) is 10.9 Å². The van der Waals surface area contributed by atoms with Crippen molar-refractivity contribution < 1.29 is 9.59 Å². The van der Waals surface area contributed by atoms with Crippen LogP contribution in [0.4, 0.5) is 5.69 Å². The third kappa shape index (κ3) is 4.43. The zero-order chi connectivity index (χ0) is 18.7. The average Bonchev–Trinajstić information content (AvgIpc) is 3.14. The Balaban J connectivity index is 1.60. The molecule has 1 atom stereocenters. The van der Waals surface area contributed by atoms with Crippen LogP contribution in [0, 0.1) is 5.92 Å². The summed E-state index contributed by atoms with van der Waals surface area (Å²) in [6, 6.07) is 6.70. The number of nitrogens with one attached hydrogen (secondary N) is 2. The molecule has 2 N–H and O–H groups in total. The molecule has 1 saturated heterocycles. The number of hydrazine groups is 1. The highest BCUT2D eigenvalue weighted by atomic mass is 35.5. The molecule has 0 bridgehead atoms. The fraction of sp³-hybridized carbons (Fsp3) is 0.294. The second kappa shape index (κ2) is 8.48. The summed E-state index contributed by atoms with van der Waals surface area (Å²) in [4.78, 5) is 27.4. The summed E-state index contributed by atoms with van der Waals surface area (Å²) in [5, 5.41) is 2.89. The maximum absolute atomic E-state index is 12.5. The van der Waals surface area contributed by atoms with Gasteiger partial charge in [-0.25, -0.2) is 0 Å². The van der Waals surface area contributed by atoms with Gasteiger partial charge in [-0.1, -0.05) is 40.9 Å². The SMILES string of the molecule is O=C(NNc1c(Cl)cc(Cl)cc1Cl)[C@H]1CCCN(C(=O)c2cccs2)C1. The fourth-order valence-corrected chi connectivity index (χ4v) is 4.42. The Hall–Kier alpha value is -1.47. The van der Waals surface area contributed by atoms with Gasteiger partial charge in [0, 0.05) is 18.1 Å². The largest absolute Gasteiger partial charge is 0.337 e. The van der Waals surface area contributed by atoms with E-state index in [4.69, 9.17) is 34.8 Å². The quantitative estimate of drug-likeness (QED) is 0.688. The van der Waals surface area contributed by atoms with Gasteiger partial charge in [0.25, 0.3) is 5.91 Å². The maximum Gasteiger partial charge on any atom is 0.263 e. The second-order valence-corrected chi connectivity index (χ2v) is 8.12. The maximum atomic E-state index is 12.5. The number of thiophene rings is 1. The summed E-state index contributed by atoms with van der Waals surface area (Å²) in [7, 11) is 0. The molecule has 1 fully saturated rings. The number of likely N-dealkylation sites (tertiary alicyclic amines) is 1. The van der Waals surface area contributed by atoms with Crippen molar-refractivity contribution in [3.8, 4) is 0 Å². The van der Waals surface area contributed by atoms with Crippen molar-refractivity contribution in [2.75, 3.05) is 18.5 Å². The molecule has 1 aliphatic rings. The molecule has 2 heterocycles. The number of benzene rings is 1. The molecule has 1 aromatic heterocycles. The molecule has 26 heavy (non-hydrogen) atoms. The van der Waals surface area contributed by atoms with Crippen LogP contribution in [0.1, 0.15) is 22.5 Å². The van der Waals surface area contributed by atoms with E-state index < -0.39 is 0 Å². The van der Waals surface area contributed by atoms with E-state index in [0.29, 0.717) is 45.1 Å². The van der Waals surface area contributed by atoms with Gasteiger partial charge in [0.1, 0.15) is 0 Å². The van der Waals surface area contributed by atoms with E-state index in [0.717, 1.165) is 6.42 Å². The van der Waals surface area contributed by atoms with E-state index in [9.17, 15) is 9.59 Å². The van der Waals surface area contributed by atoms with Gasteiger partial charge in [-0.05, 0) is 36.4 Å². The number of nitrogens with zero attached hydrogens (tertiary/aromatic N) is 1. The predicted octanol–water partition coefficient (Wildman–Crippen LogP) is 4.70. The first-order valence-electron chi connectivity index (χ1n) is 7.99. The number of anilines is 1. The lowest BCUT2D eigenvalue weighted by Crippen LogP contribution is -2.46. The molecule has 1 aliphatic heterocycles. The van der Waals surface area contributed by atoms with Crippen LogP contribution in [0.5, 0.6) is 0 Å². The molecule has 1 aromatic carbocycles. The lowest BCUT2D eigenvalue weighted by atomic mass is 9.97. The lowest BCUT2D eigenvalue weighted by molar-refractivity contribution is -0.125. The van der Waals surface area contributed by atoms with Gasteiger partial charge in [-0.3, -0.25) is 20.4 Å². The Bertz CT molecular complexity index is 791. The first-order chi connectivity index (χ1) is 12.5. The van der Waals surface area contributed by atoms with Gasteiger partial charge < -0.3 is 4.90 Å². The summed E-state index contributed by atoms with van der Waals surface area (Å²) in [6.07, 6.45) is 1.49. The lowest BCUT2D eigenvalue weighted by Gasteiger charge is -2.31. The summed E-state index contributed by atoms with van der Waals surface area (Å²) in [5.41, 5.74) is 5.76. The number of carbonyl (C=O) groups excluding carboxylic acids is 2. The topological polar surface area (TPSA) is 61.4 Å². The van der Waals surface area contributed by atoms with Gasteiger partial charge in [-0.2, -0.15) is 0 Å². The molecule has 0 radical (unpaired) electrons. The standard InChI is InChI=1S/C17H16Cl3N3O2S/c18-11-7-12(19)15(13(20)8-11)21-22-16(24)10-3-1-5-23(9-10)17(25)14-4-2-6-26-14/h2,4,6-8,10,21H,1,3,5,9H2,(H,22,24)/t10-/m0/s1. The minimum atomic E-state index is -0.301. The average molecular weight is 433 g/mol. The van der Waals surface area contributed by atoms with Crippen molar-refractivity contribution in [2.24, 2.45) is 5.92 Å². The minimum Gasteiger partial charge on any atom is -0.337 e. The second-order valence-electron chi connectivity index (χ2n) is 5.93. The van der Waals surface area contributed by atoms with E-state index in [-0.39, 0.29) is 17.7 Å². The van der Waals surface area contributed by atoms with Crippen molar-refractivity contribution >= 4 is 63.6 Å². The van der Waals surface area contributed by atoms with E-state index in [1.54, 1.807) is 11.0 Å². The zero-order valence-corrected chi connectivity index (χ0v) is 16.7. The normalized spacial score (nSPS) is 17.0. The van der Waals surface area contributed by atoms with Crippen LogP contribution in [0.2, 0.25) is 15.1 Å². The summed E-state index contributed by atoms with van der Waals surface area (Å²) >= 11 is 19.5. The Kier molecular flexibility index (Phi) is 6.29. The Morgan fingerprint density at radius 3 is 2.58 bits per heavy atom. The first-order valence-corrected chi connectivity index (χ1v) is 10.00. The van der Waals surface area contributed by atoms with Crippen LogP contribution in [0.15, 0.2) is 29.6 Å². The summed E-state index contributed by atoms with van der Waals surface area (Å²) in [5.74, 6) is -0.546. The fourth-order valence-electron chi connectivity index (χ4n) is 2.82. The molecule has 0 spiro atoms. The molecule has 138 valence electrons. The molecule has 5 nitrogen and oxygen atoms in total. The van der Waals surface area contributed by atoms with Crippen LogP contribution in [-0.2, 0) is 4.79 Å². The third-order valence-corrected chi connectivity index (χ3v) is 5.80. The highest BCUT2D eigenvalue weighted by Gasteiger charge is 2.29. The molecule has 3 rings (SSSR count). The van der Waals surface area contributed by atoms with Gasteiger partial charge in [-0.15, -0.1) is 11.3 Å². The van der Waals surface area contributed by atoms with Crippen molar-refractivity contribution in [3.63, 3.8) is 0 Å². The molecule has 0 aliphatic carbocycles. The molecular weight excluding hydrogens is 417 g/mol. The monoisotopic (exact) mass is 431 g/mol.